The number of piperidine rings is 2. The Morgan fingerprint density at radius 2 is 1.93 bits per heavy atom. The zero-order valence-corrected chi connectivity index (χ0v) is 16.7. The number of hydrogen-bond acceptors (Lipinski definition) is 6. The molecular formula is C20H27N5OS. The number of anilines is 1. The quantitative estimate of drug-likeness (QED) is 0.814. The molecule has 2 aliphatic heterocycles. The minimum absolute atomic E-state index is 0.0470. The lowest BCUT2D eigenvalue weighted by atomic mass is 10.1. The molecule has 7 heteroatoms. The average Bonchev–Trinajstić information content (AvgIpc) is 2.74. The molecule has 2 aliphatic rings. The number of nitrogens with one attached hydrogen (secondary N) is 1. The van der Waals surface area contributed by atoms with E-state index in [1.165, 1.54) is 6.42 Å². The van der Waals surface area contributed by atoms with Crippen LogP contribution in [0.15, 0.2) is 24.5 Å². The van der Waals surface area contributed by atoms with Crippen molar-refractivity contribution in [3.8, 4) is 0 Å². The van der Waals surface area contributed by atoms with E-state index in [4.69, 9.17) is 0 Å². The van der Waals surface area contributed by atoms with Crippen LogP contribution in [-0.2, 0) is 0 Å². The molecule has 4 heterocycles. The molecule has 0 aliphatic carbocycles. The molecule has 1 N–H and O–H groups in total. The predicted molar refractivity (Wildman–Crippen MR) is 111 cm³/mol. The van der Waals surface area contributed by atoms with Gasteiger partial charge in [0.1, 0.15) is 11.5 Å². The van der Waals surface area contributed by atoms with Crippen molar-refractivity contribution in [2.45, 2.75) is 38.1 Å². The van der Waals surface area contributed by atoms with Gasteiger partial charge in [0.05, 0.1) is 0 Å². The molecule has 4 rings (SSSR count). The van der Waals surface area contributed by atoms with Gasteiger partial charge in [0, 0.05) is 55.4 Å². The van der Waals surface area contributed by atoms with Crippen LogP contribution in [0, 0.1) is 0 Å². The van der Waals surface area contributed by atoms with Gasteiger partial charge in [0.15, 0.2) is 0 Å². The number of carbonyl (C=O) groups is 1. The van der Waals surface area contributed by atoms with Gasteiger partial charge in [-0.15, -0.1) is 0 Å². The molecule has 0 unspecified atom stereocenters. The zero-order chi connectivity index (χ0) is 18.6. The maximum Gasteiger partial charge on any atom is 0.273 e. The minimum atomic E-state index is 0.0470. The number of likely N-dealkylation sites (tertiary alicyclic amines) is 1. The molecule has 0 aromatic carbocycles. The molecule has 0 spiro atoms. The van der Waals surface area contributed by atoms with E-state index in [0.717, 1.165) is 68.5 Å². The van der Waals surface area contributed by atoms with E-state index < -0.39 is 0 Å². The monoisotopic (exact) mass is 385 g/mol. The van der Waals surface area contributed by atoms with Gasteiger partial charge in [-0.25, -0.2) is 4.98 Å². The summed E-state index contributed by atoms with van der Waals surface area (Å²) in [4.78, 5) is 23.9. The topological polar surface area (TPSA) is 61.4 Å². The summed E-state index contributed by atoms with van der Waals surface area (Å²) >= 11 is 1.81. The first-order valence-corrected chi connectivity index (χ1v) is 11.0. The molecule has 1 amide bonds. The predicted octanol–water partition coefficient (Wildman–Crippen LogP) is 3.41. The molecule has 2 fully saturated rings. The van der Waals surface area contributed by atoms with Crippen LogP contribution in [0.4, 0.5) is 5.82 Å². The lowest BCUT2D eigenvalue weighted by Crippen LogP contribution is -2.36. The Morgan fingerprint density at radius 3 is 2.67 bits per heavy atom. The average molecular weight is 386 g/mol. The fourth-order valence-corrected chi connectivity index (χ4v) is 4.53. The second-order valence-corrected chi connectivity index (χ2v) is 8.21. The third kappa shape index (κ3) is 4.19. The summed E-state index contributed by atoms with van der Waals surface area (Å²) in [6.45, 7) is 3.85. The SMILES string of the molecule is CSN1CCC(Nc2cc3c(C(=O)N4CCCCC4)nccc3cn2)CC1. The third-order valence-electron chi connectivity index (χ3n) is 5.56. The van der Waals surface area contributed by atoms with E-state index in [1.54, 1.807) is 6.20 Å². The first-order chi connectivity index (χ1) is 13.2. The molecule has 0 saturated carbocycles. The molecule has 6 nitrogen and oxygen atoms in total. The van der Waals surface area contributed by atoms with E-state index in [-0.39, 0.29) is 5.91 Å². The summed E-state index contributed by atoms with van der Waals surface area (Å²) in [6.07, 6.45) is 11.3. The van der Waals surface area contributed by atoms with Crippen LogP contribution in [0.5, 0.6) is 0 Å². The minimum Gasteiger partial charge on any atom is -0.367 e. The molecule has 27 heavy (non-hydrogen) atoms. The summed E-state index contributed by atoms with van der Waals surface area (Å²) in [5, 5.41) is 5.42. The molecule has 0 radical (unpaired) electrons. The van der Waals surface area contributed by atoms with Crippen LogP contribution in [0.1, 0.15) is 42.6 Å². The number of hydrogen-bond donors (Lipinski definition) is 1. The Morgan fingerprint density at radius 1 is 1.15 bits per heavy atom. The lowest BCUT2D eigenvalue weighted by molar-refractivity contribution is 0.0720. The van der Waals surface area contributed by atoms with Crippen LogP contribution < -0.4 is 5.32 Å². The lowest BCUT2D eigenvalue weighted by Gasteiger charge is -2.30. The van der Waals surface area contributed by atoms with Gasteiger partial charge in [-0.2, -0.15) is 0 Å². The smallest absolute Gasteiger partial charge is 0.273 e. The highest BCUT2D eigenvalue weighted by molar-refractivity contribution is 7.96. The fraction of sp³-hybridized carbons (Fsp3) is 0.550. The molecule has 144 valence electrons. The highest BCUT2D eigenvalue weighted by Crippen LogP contribution is 2.24. The van der Waals surface area contributed by atoms with Gasteiger partial charge in [-0.1, -0.05) is 11.9 Å². The van der Waals surface area contributed by atoms with Gasteiger partial charge in [-0.3, -0.25) is 14.1 Å². The van der Waals surface area contributed by atoms with Crippen molar-refractivity contribution in [2.75, 3.05) is 37.8 Å². The maximum atomic E-state index is 13.0. The van der Waals surface area contributed by atoms with E-state index in [0.29, 0.717) is 11.7 Å². The normalized spacial score (nSPS) is 19.4. The number of aromatic nitrogens is 2. The summed E-state index contributed by atoms with van der Waals surface area (Å²) in [7, 11) is 0. The van der Waals surface area contributed by atoms with Crippen molar-refractivity contribution in [1.82, 2.24) is 19.2 Å². The molecule has 0 atom stereocenters. The Kier molecular flexibility index (Phi) is 5.78. The molecule has 2 aromatic heterocycles. The molecule has 2 saturated heterocycles. The molecule has 2 aromatic rings. The number of fused-ring (bicyclic) bond motifs is 1. The Labute approximate surface area is 164 Å². The number of carbonyl (C=O) groups excluding carboxylic acids is 1. The zero-order valence-electron chi connectivity index (χ0n) is 15.9. The number of amides is 1. The van der Waals surface area contributed by atoms with Gasteiger partial charge in [0.25, 0.3) is 5.91 Å². The van der Waals surface area contributed by atoms with Crippen LogP contribution in [0.3, 0.4) is 0 Å². The Bertz CT molecular complexity index is 800. The van der Waals surface area contributed by atoms with Crippen LogP contribution >= 0.6 is 11.9 Å². The number of pyridine rings is 2. The second kappa shape index (κ2) is 8.44. The Balaban J connectivity index is 1.55. The third-order valence-corrected chi connectivity index (χ3v) is 6.44. The van der Waals surface area contributed by atoms with Crippen molar-refractivity contribution < 1.29 is 4.79 Å². The first-order valence-electron chi connectivity index (χ1n) is 9.84. The highest BCUT2D eigenvalue weighted by Gasteiger charge is 2.22. The largest absolute Gasteiger partial charge is 0.367 e. The van der Waals surface area contributed by atoms with Crippen molar-refractivity contribution in [3.63, 3.8) is 0 Å². The standard InChI is InChI=1S/C20H27N5OS/c1-27-25-11-6-16(7-12-25)23-18-13-17-15(14-22-18)5-8-21-19(17)20(26)24-9-3-2-4-10-24/h5,8,13-14,16H,2-4,6-7,9-12H2,1H3,(H,22,23). The van der Waals surface area contributed by atoms with Crippen molar-refractivity contribution in [2.24, 2.45) is 0 Å². The summed E-state index contributed by atoms with van der Waals surface area (Å²) in [5.41, 5.74) is 0.553. The highest BCUT2D eigenvalue weighted by atomic mass is 32.2. The summed E-state index contributed by atoms with van der Waals surface area (Å²) in [5.74, 6) is 0.886. The van der Waals surface area contributed by atoms with Crippen molar-refractivity contribution in [3.05, 3.63) is 30.2 Å². The van der Waals surface area contributed by atoms with Crippen molar-refractivity contribution in [1.29, 1.82) is 0 Å². The molecular weight excluding hydrogens is 358 g/mol. The van der Waals surface area contributed by atoms with Gasteiger partial charge in [-0.05, 0) is 50.5 Å². The van der Waals surface area contributed by atoms with E-state index in [9.17, 15) is 4.79 Å². The van der Waals surface area contributed by atoms with Gasteiger partial charge < -0.3 is 10.2 Å². The van der Waals surface area contributed by atoms with E-state index in [2.05, 4.69) is 25.8 Å². The molecule has 0 bridgehead atoms. The second-order valence-electron chi connectivity index (χ2n) is 7.33. The summed E-state index contributed by atoms with van der Waals surface area (Å²) in [6, 6.07) is 4.35. The number of nitrogens with zero attached hydrogens (tertiary/aromatic N) is 4. The van der Waals surface area contributed by atoms with Crippen LogP contribution in [0.25, 0.3) is 10.8 Å². The van der Waals surface area contributed by atoms with Crippen LogP contribution in [-0.4, -0.2) is 63.6 Å². The van der Waals surface area contributed by atoms with Crippen molar-refractivity contribution >= 4 is 34.4 Å². The van der Waals surface area contributed by atoms with Crippen LogP contribution in [0.2, 0.25) is 0 Å². The van der Waals surface area contributed by atoms with Gasteiger partial charge in [0.2, 0.25) is 0 Å². The first kappa shape index (κ1) is 18.5. The van der Waals surface area contributed by atoms with E-state index >= 15 is 0 Å². The maximum absolute atomic E-state index is 13.0. The number of rotatable bonds is 4. The van der Waals surface area contributed by atoms with Gasteiger partial charge >= 0.3 is 0 Å². The fourth-order valence-electron chi connectivity index (χ4n) is 3.95. The summed E-state index contributed by atoms with van der Waals surface area (Å²) < 4.78 is 2.39. The van der Waals surface area contributed by atoms with E-state index in [1.807, 2.05) is 35.2 Å². The Hall–Kier alpha value is -1.86.